The van der Waals surface area contributed by atoms with Gasteiger partial charge in [-0.2, -0.15) is 0 Å². The number of ether oxygens (including phenoxy) is 1. The van der Waals surface area contributed by atoms with Gasteiger partial charge in [0.1, 0.15) is 6.61 Å². The molecule has 4 rings (SSSR count). The van der Waals surface area contributed by atoms with Crippen molar-refractivity contribution >= 4 is 17.0 Å². The van der Waals surface area contributed by atoms with Crippen LogP contribution in [0.4, 0.5) is 0 Å². The molecule has 4 aromatic rings. The monoisotopic (exact) mass is 328 g/mol. The van der Waals surface area contributed by atoms with E-state index in [1.165, 1.54) is 5.56 Å². The third kappa shape index (κ3) is 3.28. The van der Waals surface area contributed by atoms with Gasteiger partial charge in [0.05, 0.1) is 22.9 Å². The lowest BCUT2D eigenvalue weighted by molar-refractivity contribution is 0.0473. The molecule has 0 aliphatic carbocycles. The summed E-state index contributed by atoms with van der Waals surface area (Å²) >= 11 is 0. The number of hydrogen-bond acceptors (Lipinski definition) is 3. The highest BCUT2D eigenvalue weighted by Gasteiger charge is 2.09. The first-order chi connectivity index (χ1) is 12.3. The maximum atomic E-state index is 12.2. The van der Waals surface area contributed by atoms with E-state index in [0.29, 0.717) is 5.56 Å². The van der Waals surface area contributed by atoms with Gasteiger partial charge in [-0.3, -0.25) is 0 Å². The van der Waals surface area contributed by atoms with E-state index in [1.54, 1.807) is 24.5 Å². The van der Waals surface area contributed by atoms with Crippen molar-refractivity contribution in [2.75, 3.05) is 0 Å². The molecule has 3 aromatic carbocycles. The fraction of sp³-hybridized carbons (Fsp3) is 0.0476. The fourth-order valence-corrected chi connectivity index (χ4v) is 2.72. The highest BCUT2D eigenvalue weighted by atomic mass is 16.5. The summed E-state index contributed by atoms with van der Waals surface area (Å²) < 4.78 is 5.41. The van der Waals surface area contributed by atoms with Crippen LogP contribution in [0.25, 0.3) is 22.2 Å². The molecule has 0 bridgehead atoms. The predicted octanol–water partition coefficient (Wildman–Crippen LogP) is 4.59. The number of hydrogen-bond donors (Lipinski definition) is 1. The smallest absolute Gasteiger partial charge is 0.338 e. The average molecular weight is 328 g/mol. The number of nitrogens with zero attached hydrogens (tertiary/aromatic N) is 1. The summed E-state index contributed by atoms with van der Waals surface area (Å²) in [4.78, 5) is 19.3. The number of rotatable bonds is 4. The number of carbonyl (C=O) groups is 1. The Morgan fingerprint density at radius 3 is 2.48 bits per heavy atom. The van der Waals surface area contributed by atoms with Crippen molar-refractivity contribution in [2.24, 2.45) is 0 Å². The molecule has 0 radical (unpaired) electrons. The van der Waals surface area contributed by atoms with Crippen LogP contribution >= 0.6 is 0 Å². The number of nitrogens with one attached hydrogen (secondary N) is 1. The minimum atomic E-state index is -0.344. The molecule has 1 heterocycles. The molecule has 4 nitrogen and oxygen atoms in total. The Labute approximate surface area is 145 Å². The summed E-state index contributed by atoms with van der Waals surface area (Å²) in [6.07, 6.45) is 1.61. The van der Waals surface area contributed by atoms with E-state index >= 15 is 0 Å². The molecule has 122 valence electrons. The molecule has 4 heteroatoms. The lowest BCUT2D eigenvalue weighted by Crippen LogP contribution is -2.05. The lowest BCUT2D eigenvalue weighted by Gasteiger charge is -2.07. The molecule has 0 amide bonds. The van der Waals surface area contributed by atoms with Gasteiger partial charge in [0.2, 0.25) is 0 Å². The molecule has 0 aliphatic heterocycles. The Morgan fingerprint density at radius 2 is 1.68 bits per heavy atom. The van der Waals surface area contributed by atoms with Gasteiger partial charge in [-0.1, -0.05) is 54.6 Å². The SMILES string of the molecule is O=C(OCc1ccc(-c2ccccc2)cc1)c1ccc2nc[nH]c2c1. The first-order valence-electron chi connectivity index (χ1n) is 8.04. The predicted molar refractivity (Wildman–Crippen MR) is 97.1 cm³/mol. The Morgan fingerprint density at radius 1 is 0.920 bits per heavy atom. The molecule has 0 unspecified atom stereocenters. The number of H-pyrrole nitrogens is 1. The number of imidazole rings is 1. The fourth-order valence-electron chi connectivity index (χ4n) is 2.72. The zero-order valence-electron chi connectivity index (χ0n) is 13.5. The van der Waals surface area contributed by atoms with E-state index in [1.807, 2.05) is 42.5 Å². The summed E-state index contributed by atoms with van der Waals surface area (Å²) in [6, 6.07) is 23.5. The molecule has 1 aromatic heterocycles. The third-order valence-electron chi connectivity index (χ3n) is 4.09. The zero-order chi connectivity index (χ0) is 17.1. The molecule has 0 fully saturated rings. The second-order valence-electron chi connectivity index (χ2n) is 5.77. The minimum Gasteiger partial charge on any atom is -0.457 e. The van der Waals surface area contributed by atoms with Gasteiger partial charge < -0.3 is 9.72 Å². The van der Waals surface area contributed by atoms with E-state index in [9.17, 15) is 4.79 Å². The van der Waals surface area contributed by atoms with Gasteiger partial charge in [-0.15, -0.1) is 0 Å². The van der Waals surface area contributed by atoms with Crippen molar-refractivity contribution in [1.29, 1.82) is 0 Å². The number of benzene rings is 3. The second-order valence-corrected chi connectivity index (χ2v) is 5.77. The van der Waals surface area contributed by atoms with Crippen LogP contribution in [0.3, 0.4) is 0 Å². The Kier molecular flexibility index (Phi) is 4.01. The molecule has 25 heavy (non-hydrogen) atoms. The van der Waals surface area contributed by atoms with E-state index < -0.39 is 0 Å². The van der Waals surface area contributed by atoms with Gasteiger partial charge >= 0.3 is 5.97 Å². The van der Waals surface area contributed by atoms with Crippen LogP contribution in [0, 0.1) is 0 Å². The maximum absolute atomic E-state index is 12.2. The van der Waals surface area contributed by atoms with Gasteiger partial charge in [0, 0.05) is 0 Å². The standard InChI is InChI=1S/C21H16N2O2/c24-21(18-10-11-19-20(12-18)23-14-22-19)25-13-15-6-8-17(9-7-15)16-4-2-1-3-5-16/h1-12,14H,13H2,(H,22,23). The van der Waals surface area contributed by atoms with Crippen molar-refractivity contribution in [3.05, 3.63) is 90.3 Å². The number of fused-ring (bicyclic) bond motifs is 1. The first kappa shape index (κ1) is 15.1. The normalized spacial score (nSPS) is 10.7. The van der Waals surface area contributed by atoms with Crippen molar-refractivity contribution in [3.63, 3.8) is 0 Å². The summed E-state index contributed by atoms with van der Waals surface area (Å²) in [5.74, 6) is -0.344. The number of aromatic nitrogens is 2. The van der Waals surface area contributed by atoms with E-state index in [-0.39, 0.29) is 12.6 Å². The summed E-state index contributed by atoms with van der Waals surface area (Å²) in [7, 11) is 0. The maximum Gasteiger partial charge on any atom is 0.338 e. The van der Waals surface area contributed by atoms with Crippen LogP contribution in [0.1, 0.15) is 15.9 Å². The van der Waals surface area contributed by atoms with Crippen molar-refractivity contribution < 1.29 is 9.53 Å². The Hall–Kier alpha value is -3.40. The lowest BCUT2D eigenvalue weighted by atomic mass is 10.0. The molecular formula is C21H16N2O2. The van der Waals surface area contributed by atoms with Crippen LogP contribution in [-0.4, -0.2) is 15.9 Å². The summed E-state index contributed by atoms with van der Waals surface area (Å²) in [5.41, 5.74) is 5.42. The minimum absolute atomic E-state index is 0.245. The van der Waals surface area contributed by atoms with Gasteiger partial charge in [0.15, 0.2) is 0 Å². The molecular weight excluding hydrogens is 312 g/mol. The average Bonchev–Trinajstić information content (AvgIpc) is 3.15. The van der Waals surface area contributed by atoms with Crippen LogP contribution in [0.5, 0.6) is 0 Å². The van der Waals surface area contributed by atoms with Gasteiger partial charge in [0.25, 0.3) is 0 Å². The largest absolute Gasteiger partial charge is 0.457 e. The van der Waals surface area contributed by atoms with Crippen molar-refractivity contribution in [1.82, 2.24) is 9.97 Å². The van der Waals surface area contributed by atoms with Crippen LogP contribution in [0.2, 0.25) is 0 Å². The van der Waals surface area contributed by atoms with Crippen molar-refractivity contribution in [3.8, 4) is 11.1 Å². The highest BCUT2D eigenvalue weighted by Crippen LogP contribution is 2.20. The van der Waals surface area contributed by atoms with Crippen LogP contribution in [0.15, 0.2) is 79.1 Å². The van der Waals surface area contributed by atoms with E-state index in [0.717, 1.165) is 22.2 Å². The summed E-state index contributed by atoms with van der Waals surface area (Å²) in [6.45, 7) is 0.245. The number of carbonyl (C=O) groups excluding carboxylic acids is 1. The molecule has 0 atom stereocenters. The Bertz CT molecular complexity index is 1000. The second kappa shape index (κ2) is 6.61. The highest BCUT2D eigenvalue weighted by molar-refractivity contribution is 5.93. The number of esters is 1. The molecule has 0 aliphatic rings. The first-order valence-corrected chi connectivity index (χ1v) is 8.04. The number of aromatic amines is 1. The molecule has 0 spiro atoms. The van der Waals surface area contributed by atoms with Crippen molar-refractivity contribution in [2.45, 2.75) is 6.61 Å². The van der Waals surface area contributed by atoms with Gasteiger partial charge in [-0.05, 0) is 34.9 Å². The van der Waals surface area contributed by atoms with E-state index in [2.05, 4.69) is 22.1 Å². The summed E-state index contributed by atoms with van der Waals surface area (Å²) in [5, 5.41) is 0. The molecule has 0 saturated heterocycles. The molecule has 0 saturated carbocycles. The molecule has 1 N–H and O–H groups in total. The van der Waals surface area contributed by atoms with Crippen LogP contribution < -0.4 is 0 Å². The topological polar surface area (TPSA) is 55.0 Å². The zero-order valence-corrected chi connectivity index (χ0v) is 13.5. The quantitative estimate of drug-likeness (QED) is 0.558. The Balaban J connectivity index is 1.43. The van der Waals surface area contributed by atoms with E-state index in [4.69, 9.17) is 4.74 Å². The third-order valence-corrected chi connectivity index (χ3v) is 4.09. The van der Waals surface area contributed by atoms with Crippen LogP contribution in [-0.2, 0) is 11.3 Å². The van der Waals surface area contributed by atoms with Gasteiger partial charge in [-0.25, -0.2) is 9.78 Å².